The smallest absolute Gasteiger partial charge is 0.144 e. The van der Waals surface area contributed by atoms with Gasteiger partial charge in [0, 0.05) is 6.54 Å². The number of hydrogen-bond donors (Lipinski definition) is 1. The zero-order valence-electron chi connectivity index (χ0n) is 7.78. The number of nitrogens with zero attached hydrogens (tertiary/aromatic N) is 3. The molecule has 1 aromatic heterocycles. The van der Waals surface area contributed by atoms with E-state index in [1.165, 1.54) is 6.20 Å². The summed E-state index contributed by atoms with van der Waals surface area (Å²) in [6, 6.07) is 0. The van der Waals surface area contributed by atoms with Crippen LogP contribution in [0.25, 0.3) is 0 Å². The number of halogens is 1. The van der Waals surface area contributed by atoms with Gasteiger partial charge < -0.3 is 5.73 Å². The highest BCUT2D eigenvalue weighted by Crippen LogP contribution is 2.18. The monoisotopic (exact) mass is 186 g/mol. The molecule has 5 heteroatoms. The summed E-state index contributed by atoms with van der Waals surface area (Å²) >= 11 is 0. The standard InChI is InChI=1S/C8H15FN4/c1-2-5-13-8(6-11-12-13)7(9)3-4-10/h6-7H,2-5,10H2,1H3. The lowest BCUT2D eigenvalue weighted by atomic mass is 10.2. The van der Waals surface area contributed by atoms with Gasteiger partial charge in [-0.3, -0.25) is 0 Å². The average Bonchev–Trinajstić information content (AvgIpc) is 2.54. The molecule has 13 heavy (non-hydrogen) atoms. The second-order valence-electron chi connectivity index (χ2n) is 2.93. The molecule has 0 amide bonds. The van der Waals surface area contributed by atoms with Gasteiger partial charge in [0.15, 0.2) is 0 Å². The van der Waals surface area contributed by atoms with Crippen LogP contribution in [0.5, 0.6) is 0 Å². The Labute approximate surface area is 76.9 Å². The van der Waals surface area contributed by atoms with E-state index in [0.29, 0.717) is 25.2 Å². The zero-order chi connectivity index (χ0) is 9.68. The molecular formula is C8H15FN4. The van der Waals surface area contributed by atoms with Crippen LogP contribution in [0.15, 0.2) is 6.20 Å². The van der Waals surface area contributed by atoms with Gasteiger partial charge in [0.1, 0.15) is 6.17 Å². The molecule has 0 spiro atoms. The fourth-order valence-electron chi connectivity index (χ4n) is 1.19. The average molecular weight is 186 g/mol. The summed E-state index contributed by atoms with van der Waals surface area (Å²) in [5, 5.41) is 7.47. The minimum atomic E-state index is -1.04. The minimum absolute atomic E-state index is 0.330. The van der Waals surface area contributed by atoms with Crippen LogP contribution in [0.2, 0.25) is 0 Å². The predicted octanol–water partition coefficient (Wildman–Crippen LogP) is 1.05. The van der Waals surface area contributed by atoms with Gasteiger partial charge in [0.25, 0.3) is 0 Å². The molecule has 1 atom stereocenters. The molecule has 1 aromatic rings. The lowest BCUT2D eigenvalue weighted by molar-refractivity contribution is 0.304. The van der Waals surface area contributed by atoms with E-state index in [-0.39, 0.29) is 0 Å². The van der Waals surface area contributed by atoms with E-state index < -0.39 is 6.17 Å². The molecule has 0 radical (unpaired) electrons. The normalized spacial score (nSPS) is 13.2. The maximum Gasteiger partial charge on any atom is 0.144 e. The molecule has 0 fully saturated rings. The Bertz CT molecular complexity index is 248. The number of aryl methyl sites for hydroxylation is 1. The van der Waals surface area contributed by atoms with Crippen LogP contribution in [0.4, 0.5) is 4.39 Å². The van der Waals surface area contributed by atoms with E-state index in [4.69, 9.17) is 5.73 Å². The quantitative estimate of drug-likeness (QED) is 0.747. The molecule has 0 aliphatic carbocycles. The number of aromatic nitrogens is 3. The summed E-state index contributed by atoms with van der Waals surface area (Å²) in [6.07, 6.45) is 1.69. The molecule has 0 bridgehead atoms. The molecule has 1 rings (SSSR count). The first-order chi connectivity index (χ1) is 6.29. The van der Waals surface area contributed by atoms with E-state index in [1.807, 2.05) is 6.92 Å². The number of nitrogens with two attached hydrogens (primary N) is 1. The maximum atomic E-state index is 13.4. The Balaban J connectivity index is 2.68. The van der Waals surface area contributed by atoms with Gasteiger partial charge in [-0.05, 0) is 19.4 Å². The van der Waals surface area contributed by atoms with Gasteiger partial charge >= 0.3 is 0 Å². The molecule has 0 saturated carbocycles. The highest BCUT2D eigenvalue weighted by atomic mass is 19.1. The Hall–Kier alpha value is -0.970. The third-order valence-corrected chi connectivity index (χ3v) is 1.82. The fraction of sp³-hybridized carbons (Fsp3) is 0.750. The molecule has 0 aliphatic rings. The van der Waals surface area contributed by atoms with Crippen molar-refractivity contribution in [3.05, 3.63) is 11.9 Å². The summed E-state index contributed by atoms with van der Waals surface area (Å²) in [5.41, 5.74) is 5.80. The molecule has 1 heterocycles. The van der Waals surface area contributed by atoms with Crippen LogP contribution in [-0.2, 0) is 6.54 Å². The molecule has 4 nitrogen and oxygen atoms in total. The Morgan fingerprint density at radius 2 is 2.46 bits per heavy atom. The maximum absolute atomic E-state index is 13.4. The third-order valence-electron chi connectivity index (χ3n) is 1.82. The van der Waals surface area contributed by atoms with E-state index >= 15 is 0 Å². The summed E-state index contributed by atoms with van der Waals surface area (Å²) in [7, 11) is 0. The third kappa shape index (κ3) is 2.48. The van der Waals surface area contributed by atoms with Gasteiger partial charge in [-0.1, -0.05) is 12.1 Å². The lowest BCUT2D eigenvalue weighted by Gasteiger charge is -2.07. The predicted molar refractivity (Wildman–Crippen MR) is 47.8 cm³/mol. The van der Waals surface area contributed by atoms with Crippen molar-refractivity contribution in [1.82, 2.24) is 15.0 Å². The summed E-state index contributed by atoms with van der Waals surface area (Å²) in [6.45, 7) is 3.07. The topological polar surface area (TPSA) is 56.7 Å². The SMILES string of the molecule is CCCn1nncc1C(F)CCN. The zero-order valence-corrected chi connectivity index (χ0v) is 7.78. The highest BCUT2D eigenvalue weighted by Gasteiger charge is 2.14. The van der Waals surface area contributed by atoms with Crippen molar-refractivity contribution in [1.29, 1.82) is 0 Å². The molecule has 2 N–H and O–H groups in total. The first-order valence-corrected chi connectivity index (χ1v) is 4.52. The Kier molecular flexibility index (Phi) is 3.82. The van der Waals surface area contributed by atoms with Gasteiger partial charge in [0.05, 0.1) is 11.9 Å². The first kappa shape index (κ1) is 10.1. The van der Waals surface area contributed by atoms with E-state index in [2.05, 4.69) is 10.3 Å². The van der Waals surface area contributed by atoms with E-state index in [0.717, 1.165) is 6.42 Å². The molecule has 0 aromatic carbocycles. The van der Waals surface area contributed by atoms with Crippen LogP contribution < -0.4 is 5.73 Å². The van der Waals surface area contributed by atoms with Crippen molar-refractivity contribution < 1.29 is 4.39 Å². The first-order valence-electron chi connectivity index (χ1n) is 4.52. The van der Waals surface area contributed by atoms with Gasteiger partial charge in [0.2, 0.25) is 0 Å². The Morgan fingerprint density at radius 3 is 3.08 bits per heavy atom. The number of alkyl halides is 1. The molecular weight excluding hydrogens is 171 g/mol. The summed E-state index contributed by atoms with van der Waals surface area (Å²) < 4.78 is 15.0. The van der Waals surface area contributed by atoms with Gasteiger partial charge in [-0.2, -0.15) is 0 Å². The summed E-state index contributed by atoms with van der Waals surface area (Å²) in [4.78, 5) is 0. The largest absolute Gasteiger partial charge is 0.330 e. The van der Waals surface area contributed by atoms with E-state index in [1.54, 1.807) is 4.68 Å². The second kappa shape index (κ2) is 4.91. The fourth-order valence-corrected chi connectivity index (χ4v) is 1.19. The van der Waals surface area contributed by atoms with Crippen molar-refractivity contribution in [2.24, 2.45) is 5.73 Å². The van der Waals surface area contributed by atoms with E-state index in [9.17, 15) is 4.39 Å². The molecule has 0 aliphatic heterocycles. The summed E-state index contributed by atoms with van der Waals surface area (Å²) in [5.74, 6) is 0. The number of hydrogen-bond acceptors (Lipinski definition) is 3. The van der Waals surface area contributed by atoms with Crippen LogP contribution in [-0.4, -0.2) is 21.5 Å². The van der Waals surface area contributed by atoms with Crippen molar-refractivity contribution in [2.45, 2.75) is 32.5 Å². The van der Waals surface area contributed by atoms with Crippen molar-refractivity contribution in [3.8, 4) is 0 Å². The second-order valence-corrected chi connectivity index (χ2v) is 2.93. The van der Waals surface area contributed by atoms with Gasteiger partial charge in [-0.15, -0.1) is 5.10 Å². The van der Waals surface area contributed by atoms with Crippen LogP contribution in [0, 0.1) is 0 Å². The van der Waals surface area contributed by atoms with Crippen LogP contribution >= 0.6 is 0 Å². The number of rotatable bonds is 5. The van der Waals surface area contributed by atoms with Crippen LogP contribution in [0.1, 0.15) is 31.6 Å². The highest BCUT2D eigenvalue weighted by molar-refractivity contribution is 4.99. The minimum Gasteiger partial charge on any atom is -0.330 e. The lowest BCUT2D eigenvalue weighted by Crippen LogP contribution is -2.10. The van der Waals surface area contributed by atoms with Crippen LogP contribution in [0.3, 0.4) is 0 Å². The van der Waals surface area contributed by atoms with Crippen molar-refractivity contribution in [2.75, 3.05) is 6.54 Å². The Morgan fingerprint density at radius 1 is 1.69 bits per heavy atom. The molecule has 1 unspecified atom stereocenters. The molecule has 0 saturated heterocycles. The van der Waals surface area contributed by atoms with Crippen molar-refractivity contribution in [3.63, 3.8) is 0 Å². The van der Waals surface area contributed by atoms with Crippen molar-refractivity contribution >= 4 is 0 Å². The molecule has 74 valence electrons. The van der Waals surface area contributed by atoms with Gasteiger partial charge in [-0.25, -0.2) is 9.07 Å².